The summed E-state index contributed by atoms with van der Waals surface area (Å²) in [5.41, 5.74) is 3.02. The fourth-order valence-corrected chi connectivity index (χ4v) is 2.03. The second kappa shape index (κ2) is 5.87. The van der Waals surface area contributed by atoms with Crippen molar-refractivity contribution in [2.75, 3.05) is 23.8 Å². The van der Waals surface area contributed by atoms with Crippen molar-refractivity contribution in [2.45, 2.75) is 32.7 Å². The molecular weight excluding hydrogens is 228 g/mol. The van der Waals surface area contributed by atoms with Gasteiger partial charge in [0.05, 0.1) is 12.6 Å². The highest BCUT2D eigenvalue weighted by atomic mass is 16.5. The van der Waals surface area contributed by atoms with E-state index in [0.29, 0.717) is 12.5 Å². The molecule has 1 amide bonds. The van der Waals surface area contributed by atoms with E-state index in [4.69, 9.17) is 4.74 Å². The molecular formula is C14H20N2O2. The molecule has 0 aromatic heterocycles. The number of amides is 1. The van der Waals surface area contributed by atoms with Crippen LogP contribution in [-0.4, -0.2) is 25.2 Å². The number of hydrogen-bond acceptors (Lipinski definition) is 3. The van der Waals surface area contributed by atoms with Gasteiger partial charge in [0.15, 0.2) is 0 Å². The monoisotopic (exact) mass is 248 g/mol. The van der Waals surface area contributed by atoms with Crippen LogP contribution in [-0.2, 0) is 9.53 Å². The summed E-state index contributed by atoms with van der Waals surface area (Å²) in [6, 6.07) is 6.30. The Morgan fingerprint density at radius 2 is 2.22 bits per heavy atom. The molecule has 1 fully saturated rings. The number of nitrogens with one attached hydrogen (secondary N) is 2. The van der Waals surface area contributed by atoms with E-state index < -0.39 is 0 Å². The van der Waals surface area contributed by atoms with Crippen molar-refractivity contribution in [1.29, 1.82) is 0 Å². The lowest BCUT2D eigenvalue weighted by molar-refractivity contribution is -0.115. The van der Waals surface area contributed by atoms with E-state index in [1.165, 1.54) is 0 Å². The molecule has 1 atom stereocenters. The number of carbonyl (C=O) groups is 1. The zero-order valence-corrected chi connectivity index (χ0v) is 11.0. The molecule has 0 aliphatic carbocycles. The van der Waals surface area contributed by atoms with E-state index in [2.05, 4.69) is 10.6 Å². The van der Waals surface area contributed by atoms with Crippen LogP contribution < -0.4 is 10.6 Å². The second-order valence-corrected chi connectivity index (χ2v) is 4.58. The molecule has 0 radical (unpaired) electrons. The van der Waals surface area contributed by atoms with E-state index in [0.717, 1.165) is 36.6 Å². The van der Waals surface area contributed by atoms with Gasteiger partial charge in [0.2, 0.25) is 5.91 Å². The first kappa shape index (κ1) is 12.9. The molecule has 1 heterocycles. The first-order valence-corrected chi connectivity index (χ1v) is 6.44. The first-order chi connectivity index (χ1) is 8.70. The van der Waals surface area contributed by atoms with Crippen LogP contribution in [0.25, 0.3) is 0 Å². The van der Waals surface area contributed by atoms with Crippen LogP contribution >= 0.6 is 0 Å². The minimum atomic E-state index is 0.0412. The molecule has 0 saturated carbocycles. The molecule has 2 rings (SSSR count). The van der Waals surface area contributed by atoms with Crippen molar-refractivity contribution < 1.29 is 9.53 Å². The maximum atomic E-state index is 11.4. The fourth-order valence-electron chi connectivity index (χ4n) is 2.03. The molecule has 0 bridgehead atoms. The lowest BCUT2D eigenvalue weighted by atomic mass is 10.1. The largest absolute Gasteiger partial charge is 0.380 e. The summed E-state index contributed by atoms with van der Waals surface area (Å²) < 4.78 is 5.35. The lowest BCUT2D eigenvalue weighted by Crippen LogP contribution is -2.20. The highest BCUT2D eigenvalue weighted by Crippen LogP contribution is 2.25. The number of ether oxygens (including phenoxy) is 1. The van der Waals surface area contributed by atoms with Gasteiger partial charge in [-0.15, -0.1) is 0 Å². The van der Waals surface area contributed by atoms with E-state index in [9.17, 15) is 4.79 Å². The van der Waals surface area contributed by atoms with Gasteiger partial charge in [-0.25, -0.2) is 0 Å². The van der Waals surface area contributed by atoms with Gasteiger partial charge in [0, 0.05) is 24.4 Å². The van der Waals surface area contributed by atoms with Crippen LogP contribution in [0.2, 0.25) is 0 Å². The summed E-state index contributed by atoms with van der Waals surface area (Å²) in [5, 5.41) is 6.38. The Balaban J connectivity index is 2.10. The molecule has 18 heavy (non-hydrogen) atoms. The molecule has 1 aromatic carbocycles. The highest BCUT2D eigenvalue weighted by Gasteiger charge is 2.16. The van der Waals surface area contributed by atoms with E-state index >= 15 is 0 Å². The van der Waals surface area contributed by atoms with Crippen LogP contribution in [0.4, 0.5) is 11.4 Å². The van der Waals surface area contributed by atoms with Crippen molar-refractivity contribution in [3.05, 3.63) is 23.8 Å². The Hall–Kier alpha value is -1.55. The molecule has 1 saturated heterocycles. The van der Waals surface area contributed by atoms with Gasteiger partial charge < -0.3 is 15.4 Å². The van der Waals surface area contributed by atoms with Crippen LogP contribution in [0.5, 0.6) is 0 Å². The maximum Gasteiger partial charge on any atom is 0.224 e. The minimum absolute atomic E-state index is 0.0412. The standard InChI is InChI=1S/C14H20N2O2/c1-3-14(17)16-13-6-4-5-12(10(13)2)15-11-7-8-18-9-11/h4-6,11,15H,3,7-9H2,1-2H3,(H,16,17). The van der Waals surface area contributed by atoms with Gasteiger partial charge >= 0.3 is 0 Å². The quantitative estimate of drug-likeness (QED) is 0.861. The molecule has 2 N–H and O–H groups in total. The molecule has 0 spiro atoms. The SMILES string of the molecule is CCC(=O)Nc1cccc(NC2CCOC2)c1C. The van der Waals surface area contributed by atoms with Crippen LogP contribution in [0.1, 0.15) is 25.3 Å². The number of carbonyl (C=O) groups excluding carboxylic acids is 1. The summed E-state index contributed by atoms with van der Waals surface area (Å²) in [4.78, 5) is 11.4. The van der Waals surface area contributed by atoms with Crippen LogP contribution in [0, 0.1) is 6.92 Å². The Morgan fingerprint density at radius 3 is 2.89 bits per heavy atom. The predicted molar refractivity (Wildman–Crippen MR) is 72.9 cm³/mol. The third-order valence-corrected chi connectivity index (χ3v) is 3.22. The zero-order valence-electron chi connectivity index (χ0n) is 11.0. The Morgan fingerprint density at radius 1 is 1.44 bits per heavy atom. The topological polar surface area (TPSA) is 50.4 Å². The van der Waals surface area contributed by atoms with Gasteiger partial charge in [-0.2, -0.15) is 0 Å². The van der Waals surface area contributed by atoms with Crippen molar-refractivity contribution in [1.82, 2.24) is 0 Å². The van der Waals surface area contributed by atoms with Crippen molar-refractivity contribution in [2.24, 2.45) is 0 Å². The highest BCUT2D eigenvalue weighted by molar-refractivity contribution is 5.92. The second-order valence-electron chi connectivity index (χ2n) is 4.58. The van der Waals surface area contributed by atoms with Crippen LogP contribution in [0.15, 0.2) is 18.2 Å². The Kier molecular flexibility index (Phi) is 4.20. The van der Waals surface area contributed by atoms with Crippen molar-refractivity contribution in [3.63, 3.8) is 0 Å². The van der Waals surface area contributed by atoms with E-state index in [1.807, 2.05) is 32.0 Å². The number of hydrogen-bond donors (Lipinski definition) is 2. The summed E-state index contributed by atoms with van der Waals surface area (Å²) in [6.07, 6.45) is 1.53. The van der Waals surface area contributed by atoms with Gasteiger partial charge in [-0.1, -0.05) is 13.0 Å². The Bertz CT molecular complexity index is 426. The molecule has 4 nitrogen and oxygen atoms in total. The van der Waals surface area contributed by atoms with Gasteiger partial charge in [0.25, 0.3) is 0 Å². The molecule has 1 unspecified atom stereocenters. The first-order valence-electron chi connectivity index (χ1n) is 6.44. The Labute approximate surface area is 108 Å². The summed E-state index contributed by atoms with van der Waals surface area (Å²) in [7, 11) is 0. The number of benzene rings is 1. The zero-order chi connectivity index (χ0) is 13.0. The normalized spacial score (nSPS) is 18.7. The third kappa shape index (κ3) is 3.01. The van der Waals surface area contributed by atoms with Gasteiger partial charge in [-0.05, 0) is 31.0 Å². The summed E-state index contributed by atoms with van der Waals surface area (Å²) in [5.74, 6) is 0.0412. The van der Waals surface area contributed by atoms with E-state index in [1.54, 1.807) is 0 Å². The number of rotatable bonds is 4. The average Bonchev–Trinajstić information content (AvgIpc) is 2.87. The predicted octanol–water partition coefficient (Wildman–Crippen LogP) is 2.54. The molecule has 1 aliphatic heterocycles. The average molecular weight is 248 g/mol. The minimum Gasteiger partial charge on any atom is -0.380 e. The van der Waals surface area contributed by atoms with Crippen molar-refractivity contribution in [3.8, 4) is 0 Å². The number of anilines is 2. The van der Waals surface area contributed by atoms with Crippen molar-refractivity contribution >= 4 is 17.3 Å². The molecule has 1 aliphatic rings. The maximum absolute atomic E-state index is 11.4. The van der Waals surface area contributed by atoms with Crippen LogP contribution in [0.3, 0.4) is 0 Å². The van der Waals surface area contributed by atoms with Gasteiger partial charge in [0.1, 0.15) is 0 Å². The lowest BCUT2D eigenvalue weighted by Gasteiger charge is -2.17. The smallest absolute Gasteiger partial charge is 0.224 e. The van der Waals surface area contributed by atoms with Gasteiger partial charge in [-0.3, -0.25) is 4.79 Å². The fraction of sp³-hybridized carbons (Fsp3) is 0.500. The molecule has 4 heteroatoms. The van der Waals surface area contributed by atoms with E-state index in [-0.39, 0.29) is 5.91 Å². The molecule has 98 valence electrons. The third-order valence-electron chi connectivity index (χ3n) is 3.22. The summed E-state index contributed by atoms with van der Waals surface area (Å²) >= 11 is 0. The summed E-state index contributed by atoms with van der Waals surface area (Å²) in [6.45, 7) is 5.44. The molecule has 1 aromatic rings.